The van der Waals surface area contributed by atoms with Crippen LogP contribution in [0.2, 0.25) is 0 Å². The number of imide groups is 1. The number of carbonyl (C=O) groups is 2. The lowest BCUT2D eigenvalue weighted by Crippen LogP contribution is -2.33. The Morgan fingerprint density at radius 2 is 1.65 bits per heavy atom. The van der Waals surface area contributed by atoms with Gasteiger partial charge in [0.1, 0.15) is 6.16 Å². The molecule has 0 heterocycles. The second kappa shape index (κ2) is 7.94. The van der Waals surface area contributed by atoms with E-state index in [4.69, 9.17) is 9.05 Å². The van der Waals surface area contributed by atoms with Crippen LogP contribution in [-0.4, -0.2) is 31.2 Å². The minimum Gasteiger partial charge on any atom is -0.309 e. The number of hydrogen-bond acceptors (Lipinski definition) is 5. The molecule has 0 fully saturated rings. The van der Waals surface area contributed by atoms with Crippen LogP contribution in [0.25, 0.3) is 0 Å². The first-order valence-corrected chi connectivity index (χ1v) is 8.01. The van der Waals surface area contributed by atoms with Crippen molar-refractivity contribution in [1.29, 1.82) is 0 Å². The summed E-state index contributed by atoms with van der Waals surface area (Å²) in [4.78, 5) is 23.5. The van der Waals surface area contributed by atoms with Crippen LogP contribution in [-0.2, 0) is 18.4 Å². The molecule has 0 aliphatic heterocycles. The Kier molecular flexibility index (Phi) is 6.58. The van der Waals surface area contributed by atoms with E-state index in [1.165, 1.54) is 0 Å². The zero-order chi connectivity index (χ0) is 15.0. The smallest absolute Gasteiger partial charge is 0.309 e. The van der Waals surface area contributed by atoms with Crippen molar-refractivity contribution in [3.8, 4) is 0 Å². The highest BCUT2D eigenvalue weighted by atomic mass is 31.2. The molecule has 1 aromatic carbocycles. The molecule has 0 aliphatic carbocycles. The molecule has 0 aliphatic rings. The van der Waals surface area contributed by atoms with Gasteiger partial charge in [0.25, 0.3) is 5.91 Å². The van der Waals surface area contributed by atoms with Crippen LogP contribution < -0.4 is 5.32 Å². The lowest BCUT2D eigenvalue weighted by molar-refractivity contribution is -0.118. The summed E-state index contributed by atoms with van der Waals surface area (Å²) in [6, 6.07) is 8.28. The molecule has 0 spiro atoms. The first kappa shape index (κ1) is 16.6. The van der Waals surface area contributed by atoms with E-state index in [1.54, 1.807) is 44.2 Å². The molecule has 0 saturated heterocycles. The summed E-state index contributed by atoms with van der Waals surface area (Å²) in [6.07, 6.45) is -0.479. The number of hydrogen-bond donors (Lipinski definition) is 1. The summed E-state index contributed by atoms with van der Waals surface area (Å²) in [5.74, 6) is -1.24. The van der Waals surface area contributed by atoms with Crippen LogP contribution >= 0.6 is 7.60 Å². The number of amides is 2. The Hall–Kier alpha value is -1.49. The molecule has 0 bridgehead atoms. The highest BCUT2D eigenvalue weighted by Gasteiger charge is 2.28. The van der Waals surface area contributed by atoms with E-state index >= 15 is 0 Å². The normalized spacial score (nSPS) is 11.1. The summed E-state index contributed by atoms with van der Waals surface area (Å²) in [6.45, 7) is 3.63. The third-order valence-corrected chi connectivity index (χ3v) is 4.26. The Balaban J connectivity index is 2.62. The predicted octanol–water partition coefficient (Wildman–Crippen LogP) is 2.21. The topological polar surface area (TPSA) is 81.7 Å². The maximum absolute atomic E-state index is 12.1. The fraction of sp³-hybridized carbons (Fsp3) is 0.385. The van der Waals surface area contributed by atoms with E-state index in [1.807, 2.05) is 0 Å². The molecule has 110 valence electrons. The molecule has 20 heavy (non-hydrogen) atoms. The van der Waals surface area contributed by atoms with Crippen molar-refractivity contribution in [1.82, 2.24) is 5.32 Å². The number of nitrogens with one attached hydrogen (secondary N) is 1. The van der Waals surface area contributed by atoms with Crippen molar-refractivity contribution in [2.24, 2.45) is 0 Å². The summed E-state index contributed by atoms with van der Waals surface area (Å²) in [5, 5.41) is 2.16. The van der Waals surface area contributed by atoms with Gasteiger partial charge in [-0.1, -0.05) is 18.2 Å². The lowest BCUT2D eigenvalue weighted by Gasteiger charge is -2.16. The van der Waals surface area contributed by atoms with Crippen LogP contribution in [0.1, 0.15) is 24.2 Å². The van der Waals surface area contributed by atoms with Crippen molar-refractivity contribution in [3.63, 3.8) is 0 Å². The average Bonchev–Trinajstić information content (AvgIpc) is 2.39. The quantitative estimate of drug-likeness (QED) is 0.781. The van der Waals surface area contributed by atoms with E-state index in [0.29, 0.717) is 5.56 Å². The molecule has 6 nitrogen and oxygen atoms in total. The second-order valence-electron chi connectivity index (χ2n) is 3.85. The molecular weight excluding hydrogens is 281 g/mol. The van der Waals surface area contributed by atoms with E-state index in [9.17, 15) is 14.2 Å². The van der Waals surface area contributed by atoms with Gasteiger partial charge in [-0.25, -0.2) is 0 Å². The van der Waals surface area contributed by atoms with Crippen molar-refractivity contribution < 1.29 is 23.2 Å². The Morgan fingerprint density at radius 3 is 2.15 bits per heavy atom. The van der Waals surface area contributed by atoms with Gasteiger partial charge in [-0.2, -0.15) is 0 Å². The maximum atomic E-state index is 12.1. The molecule has 0 saturated carbocycles. The van der Waals surface area contributed by atoms with Crippen LogP contribution in [0.4, 0.5) is 0 Å². The molecule has 0 unspecified atom stereocenters. The zero-order valence-electron chi connectivity index (χ0n) is 11.5. The largest absolute Gasteiger partial charge is 0.340 e. The van der Waals surface area contributed by atoms with Gasteiger partial charge in [0, 0.05) is 5.56 Å². The Labute approximate surface area is 118 Å². The lowest BCUT2D eigenvalue weighted by atomic mass is 10.2. The molecular formula is C13H18NO5P. The number of carbonyl (C=O) groups excluding carboxylic acids is 2. The van der Waals surface area contributed by atoms with Crippen LogP contribution in [0.15, 0.2) is 30.3 Å². The molecule has 1 aromatic rings. The monoisotopic (exact) mass is 299 g/mol. The van der Waals surface area contributed by atoms with Gasteiger partial charge < -0.3 is 9.05 Å². The highest BCUT2D eigenvalue weighted by molar-refractivity contribution is 7.54. The van der Waals surface area contributed by atoms with Crippen molar-refractivity contribution in [2.75, 3.05) is 19.4 Å². The van der Waals surface area contributed by atoms with Gasteiger partial charge in [-0.15, -0.1) is 0 Å². The fourth-order valence-corrected chi connectivity index (χ4v) is 3.00. The van der Waals surface area contributed by atoms with E-state index in [0.717, 1.165) is 0 Å². The molecule has 1 rings (SSSR count). The summed E-state index contributed by atoms with van der Waals surface area (Å²) >= 11 is 0. The molecule has 2 amide bonds. The molecule has 0 aromatic heterocycles. The third-order valence-electron chi connectivity index (χ3n) is 2.28. The second-order valence-corrected chi connectivity index (χ2v) is 5.90. The highest BCUT2D eigenvalue weighted by Crippen LogP contribution is 2.47. The fourth-order valence-electron chi connectivity index (χ4n) is 1.53. The number of rotatable bonds is 7. The maximum Gasteiger partial charge on any atom is 0.340 e. The molecule has 7 heteroatoms. The Bertz CT molecular complexity index is 493. The van der Waals surface area contributed by atoms with Gasteiger partial charge >= 0.3 is 7.60 Å². The van der Waals surface area contributed by atoms with Gasteiger partial charge in [-0.05, 0) is 26.0 Å². The van der Waals surface area contributed by atoms with Crippen molar-refractivity contribution in [2.45, 2.75) is 13.8 Å². The third kappa shape index (κ3) is 5.25. The molecule has 0 radical (unpaired) electrons. The summed E-state index contributed by atoms with van der Waals surface area (Å²) in [7, 11) is -3.49. The SMILES string of the molecule is CCOP(=O)(CC(=O)NC(=O)c1ccccc1)OCC. The first-order valence-electron chi connectivity index (χ1n) is 6.28. The Morgan fingerprint density at radius 1 is 1.10 bits per heavy atom. The number of benzene rings is 1. The van der Waals surface area contributed by atoms with Gasteiger partial charge in [0.2, 0.25) is 5.91 Å². The zero-order valence-corrected chi connectivity index (χ0v) is 12.4. The predicted molar refractivity (Wildman–Crippen MR) is 74.6 cm³/mol. The van der Waals surface area contributed by atoms with Gasteiger partial charge in [-0.3, -0.25) is 19.5 Å². The van der Waals surface area contributed by atoms with Crippen LogP contribution in [0.3, 0.4) is 0 Å². The first-order chi connectivity index (χ1) is 9.50. The van der Waals surface area contributed by atoms with E-state index in [-0.39, 0.29) is 13.2 Å². The summed E-state index contributed by atoms with van der Waals surface area (Å²) in [5.41, 5.74) is 0.350. The standard InChI is InChI=1S/C13H18NO5P/c1-3-18-20(17,19-4-2)10-12(15)14-13(16)11-8-6-5-7-9-11/h5-9H,3-4,10H2,1-2H3,(H,14,15,16). The summed E-state index contributed by atoms with van der Waals surface area (Å²) < 4.78 is 22.1. The molecule has 1 N–H and O–H groups in total. The van der Waals surface area contributed by atoms with Crippen LogP contribution in [0, 0.1) is 0 Å². The average molecular weight is 299 g/mol. The van der Waals surface area contributed by atoms with Crippen molar-refractivity contribution in [3.05, 3.63) is 35.9 Å². The minimum atomic E-state index is -3.49. The van der Waals surface area contributed by atoms with E-state index in [2.05, 4.69) is 5.32 Å². The molecule has 0 atom stereocenters. The van der Waals surface area contributed by atoms with Crippen molar-refractivity contribution >= 4 is 19.4 Å². The van der Waals surface area contributed by atoms with Gasteiger partial charge in [0.05, 0.1) is 13.2 Å². The van der Waals surface area contributed by atoms with Gasteiger partial charge in [0.15, 0.2) is 0 Å². The minimum absolute atomic E-state index is 0.164. The van der Waals surface area contributed by atoms with E-state index < -0.39 is 25.6 Å². The van der Waals surface area contributed by atoms with Crippen LogP contribution in [0.5, 0.6) is 0 Å².